The summed E-state index contributed by atoms with van der Waals surface area (Å²) in [6, 6.07) is 13.5. The van der Waals surface area contributed by atoms with Gasteiger partial charge in [-0.15, -0.1) is 0 Å². The summed E-state index contributed by atoms with van der Waals surface area (Å²) >= 11 is 0. The van der Waals surface area contributed by atoms with E-state index >= 15 is 0 Å². The van der Waals surface area contributed by atoms with Gasteiger partial charge in [0.1, 0.15) is 18.0 Å². The molecule has 0 amide bonds. The topological polar surface area (TPSA) is 53.4 Å². The van der Waals surface area contributed by atoms with Crippen LogP contribution in [0.25, 0.3) is 0 Å². The minimum absolute atomic E-state index is 0.168. The van der Waals surface area contributed by atoms with Gasteiger partial charge in [-0.05, 0) is 24.6 Å². The second-order valence-electron chi connectivity index (χ2n) is 6.13. The first-order chi connectivity index (χ1) is 11.7. The monoisotopic (exact) mass is 318 g/mol. The predicted molar refractivity (Wildman–Crippen MR) is 85.9 cm³/mol. The van der Waals surface area contributed by atoms with Gasteiger partial charge < -0.3 is 14.0 Å². The number of imidazole rings is 1. The van der Waals surface area contributed by atoms with E-state index < -0.39 is 5.60 Å². The Hall–Kier alpha value is -3.08. The van der Waals surface area contributed by atoms with Gasteiger partial charge in [0.15, 0.2) is 5.82 Å². The van der Waals surface area contributed by atoms with Crippen molar-refractivity contribution in [3.63, 3.8) is 0 Å². The average Bonchev–Trinajstić information content (AvgIpc) is 3.03. The Morgan fingerprint density at radius 1 is 1.12 bits per heavy atom. The summed E-state index contributed by atoms with van der Waals surface area (Å²) in [5, 5.41) is 0. The zero-order chi connectivity index (χ0) is 16.3. The molecule has 2 aromatic carbocycles. The number of rotatable bonds is 0. The summed E-state index contributed by atoms with van der Waals surface area (Å²) in [6.07, 6.45) is 3.51. The molecule has 24 heavy (non-hydrogen) atoms. The second-order valence-corrected chi connectivity index (χ2v) is 6.13. The van der Waals surface area contributed by atoms with Crippen LogP contribution in [0.1, 0.15) is 22.5 Å². The number of ether oxygens (including phenoxy) is 2. The number of carbonyl (C=O) groups excluding carboxylic acids is 1. The molecule has 0 aliphatic carbocycles. The largest absolute Gasteiger partial charge is 0.456 e. The van der Waals surface area contributed by atoms with Gasteiger partial charge in [0.2, 0.25) is 5.60 Å². The molecule has 0 fully saturated rings. The molecule has 0 N–H and O–H groups in total. The molecular formula is C19H14N2O3. The van der Waals surface area contributed by atoms with E-state index in [0.29, 0.717) is 17.3 Å². The smallest absolute Gasteiger partial charge is 0.327 e. The van der Waals surface area contributed by atoms with E-state index in [4.69, 9.17) is 9.47 Å². The fourth-order valence-corrected chi connectivity index (χ4v) is 3.60. The maximum Gasteiger partial charge on any atom is 0.327 e. The number of benzene rings is 2. The molecule has 0 bridgehead atoms. The van der Waals surface area contributed by atoms with Crippen LogP contribution >= 0.6 is 0 Å². The Kier molecular flexibility index (Phi) is 2.49. The standard InChI is InChI=1S/C19H14N2O3/c1-12-6-7-14-16(10-12)23-15-5-3-2-4-13(15)19(14)18-20-8-9-21(18)11-17(22)24-19/h2-10H,11H2,1H3. The van der Waals surface area contributed by atoms with Gasteiger partial charge >= 0.3 is 5.97 Å². The Bertz CT molecular complexity index is 992. The van der Waals surface area contributed by atoms with Crippen LogP contribution in [0.3, 0.4) is 0 Å². The number of hydrogen-bond donors (Lipinski definition) is 0. The highest BCUT2D eigenvalue weighted by Gasteiger charge is 2.52. The lowest BCUT2D eigenvalue weighted by Gasteiger charge is -2.41. The van der Waals surface area contributed by atoms with Crippen molar-refractivity contribution in [1.82, 2.24) is 9.55 Å². The van der Waals surface area contributed by atoms with E-state index in [2.05, 4.69) is 4.98 Å². The van der Waals surface area contributed by atoms with Crippen LogP contribution in [0.15, 0.2) is 54.9 Å². The summed E-state index contributed by atoms with van der Waals surface area (Å²) < 4.78 is 13.9. The lowest BCUT2D eigenvalue weighted by Crippen LogP contribution is -2.44. The third kappa shape index (κ3) is 1.58. The highest BCUT2D eigenvalue weighted by Crippen LogP contribution is 2.53. The number of esters is 1. The van der Waals surface area contributed by atoms with Crippen molar-refractivity contribution >= 4 is 5.97 Å². The molecular weight excluding hydrogens is 304 g/mol. The molecule has 0 radical (unpaired) electrons. The van der Waals surface area contributed by atoms with E-state index in [0.717, 1.165) is 16.7 Å². The molecule has 5 heteroatoms. The molecule has 0 saturated carbocycles. The number of aryl methyl sites for hydroxylation is 1. The molecule has 0 saturated heterocycles. The van der Waals surface area contributed by atoms with Gasteiger partial charge in [-0.25, -0.2) is 4.98 Å². The summed E-state index contributed by atoms with van der Waals surface area (Å²) in [5.74, 6) is 1.78. The van der Waals surface area contributed by atoms with E-state index in [9.17, 15) is 4.79 Å². The van der Waals surface area contributed by atoms with Crippen LogP contribution in [0.4, 0.5) is 0 Å². The number of para-hydroxylation sites is 1. The van der Waals surface area contributed by atoms with Gasteiger partial charge in [0, 0.05) is 12.4 Å². The van der Waals surface area contributed by atoms with Crippen LogP contribution in [-0.2, 0) is 21.7 Å². The van der Waals surface area contributed by atoms with E-state index in [1.165, 1.54) is 0 Å². The SMILES string of the molecule is Cc1ccc2c(c1)Oc1ccccc1C21OC(=O)Cn2ccnc21. The molecule has 1 atom stereocenters. The number of carbonyl (C=O) groups is 1. The summed E-state index contributed by atoms with van der Waals surface area (Å²) in [5.41, 5.74) is 1.60. The first kappa shape index (κ1) is 13.4. The Morgan fingerprint density at radius 3 is 2.88 bits per heavy atom. The Labute approximate surface area is 138 Å². The minimum Gasteiger partial charge on any atom is -0.456 e. The Balaban J connectivity index is 1.91. The van der Waals surface area contributed by atoms with E-state index in [1.54, 1.807) is 6.20 Å². The molecule has 3 heterocycles. The minimum atomic E-state index is -1.07. The lowest BCUT2D eigenvalue weighted by atomic mass is 9.81. The molecule has 1 unspecified atom stereocenters. The highest BCUT2D eigenvalue weighted by atomic mass is 16.6. The van der Waals surface area contributed by atoms with Crippen LogP contribution in [0, 0.1) is 6.92 Å². The molecule has 2 aliphatic rings. The van der Waals surface area contributed by atoms with Crippen LogP contribution in [-0.4, -0.2) is 15.5 Å². The second kappa shape index (κ2) is 4.47. The van der Waals surface area contributed by atoms with Gasteiger partial charge in [-0.2, -0.15) is 0 Å². The average molecular weight is 318 g/mol. The molecule has 3 aromatic rings. The third-order valence-electron chi connectivity index (χ3n) is 4.60. The number of hydrogen-bond acceptors (Lipinski definition) is 4. The normalized spacial score (nSPS) is 20.6. The van der Waals surface area contributed by atoms with Crippen molar-refractivity contribution in [2.45, 2.75) is 19.1 Å². The van der Waals surface area contributed by atoms with E-state index in [-0.39, 0.29) is 12.5 Å². The van der Waals surface area contributed by atoms with Crippen molar-refractivity contribution < 1.29 is 14.3 Å². The summed E-state index contributed by atoms with van der Waals surface area (Å²) in [7, 11) is 0. The highest BCUT2D eigenvalue weighted by molar-refractivity contribution is 5.75. The quantitative estimate of drug-likeness (QED) is 0.598. The van der Waals surface area contributed by atoms with Crippen molar-refractivity contribution in [3.05, 3.63) is 77.4 Å². The molecule has 5 rings (SSSR count). The molecule has 5 nitrogen and oxygen atoms in total. The Morgan fingerprint density at radius 2 is 1.96 bits per heavy atom. The van der Waals surface area contributed by atoms with Crippen LogP contribution < -0.4 is 4.74 Å². The molecule has 1 spiro atoms. The summed E-state index contributed by atoms with van der Waals surface area (Å²) in [4.78, 5) is 16.9. The maximum absolute atomic E-state index is 12.4. The zero-order valence-electron chi connectivity index (χ0n) is 13.0. The molecule has 1 aromatic heterocycles. The molecule has 2 aliphatic heterocycles. The van der Waals surface area contributed by atoms with Crippen molar-refractivity contribution in [1.29, 1.82) is 0 Å². The predicted octanol–water partition coefficient (Wildman–Crippen LogP) is 3.15. The van der Waals surface area contributed by atoms with Gasteiger partial charge in [-0.1, -0.05) is 30.3 Å². The number of fused-ring (bicyclic) bond motifs is 6. The fraction of sp³-hybridized carbons (Fsp3) is 0.158. The maximum atomic E-state index is 12.4. The third-order valence-corrected chi connectivity index (χ3v) is 4.60. The zero-order valence-corrected chi connectivity index (χ0v) is 13.0. The van der Waals surface area contributed by atoms with Crippen molar-refractivity contribution in [2.24, 2.45) is 0 Å². The van der Waals surface area contributed by atoms with Crippen LogP contribution in [0.2, 0.25) is 0 Å². The van der Waals surface area contributed by atoms with Crippen LogP contribution in [0.5, 0.6) is 11.5 Å². The van der Waals surface area contributed by atoms with Gasteiger partial charge in [0.25, 0.3) is 0 Å². The van der Waals surface area contributed by atoms with Gasteiger partial charge in [0.05, 0.1) is 11.1 Å². The van der Waals surface area contributed by atoms with Gasteiger partial charge in [-0.3, -0.25) is 4.79 Å². The van der Waals surface area contributed by atoms with Crippen molar-refractivity contribution in [2.75, 3.05) is 0 Å². The lowest BCUT2D eigenvalue weighted by molar-refractivity contribution is -0.159. The number of nitrogens with zero attached hydrogens (tertiary/aromatic N) is 2. The molecule has 118 valence electrons. The first-order valence-electron chi connectivity index (χ1n) is 7.80. The number of aromatic nitrogens is 2. The first-order valence-corrected chi connectivity index (χ1v) is 7.80. The van der Waals surface area contributed by atoms with E-state index in [1.807, 2.05) is 60.2 Å². The summed E-state index contributed by atoms with van der Waals surface area (Å²) in [6.45, 7) is 2.17. The fourth-order valence-electron chi connectivity index (χ4n) is 3.60. The van der Waals surface area contributed by atoms with Crippen molar-refractivity contribution in [3.8, 4) is 11.5 Å².